The molecule has 1 aliphatic rings. The molecule has 0 fully saturated rings. The van der Waals surface area contributed by atoms with Gasteiger partial charge in [0.25, 0.3) is 5.91 Å². The van der Waals surface area contributed by atoms with Crippen molar-refractivity contribution in [2.24, 2.45) is 4.99 Å². The molecule has 0 radical (unpaired) electrons. The van der Waals surface area contributed by atoms with Crippen LogP contribution in [0.15, 0.2) is 58.4 Å². The van der Waals surface area contributed by atoms with Crippen LogP contribution in [0.5, 0.6) is 0 Å². The molecular formula is C19H14F3N3O2S. The number of nitrogens with one attached hydrogen (secondary N) is 2. The summed E-state index contributed by atoms with van der Waals surface area (Å²) < 4.78 is 37.6. The lowest BCUT2D eigenvalue weighted by Crippen LogP contribution is -2.31. The Labute approximate surface area is 162 Å². The van der Waals surface area contributed by atoms with Crippen LogP contribution < -0.4 is 10.6 Å². The van der Waals surface area contributed by atoms with Crippen LogP contribution in [0.2, 0.25) is 0 Å². The summed E-state index contributed by atoms with van der Waals surface area (Å²) in [5.74, 6) is -0.476. The topological polar surface area (TPSA) is 70.6 Å². The highest BCUT2D eigenvalue weighted by Crippen LogP contribution is 2.30. The molecule has 9 heteroatoms. The second-order valence-corrected chi connectivity index (χ2v) is 6.93. The summed E-state index contributed by atoms with van der Waals surface area (Å²) in [5.41, 5.74) is 1.28. The van der Waals surface area contributed by atoms with Crippen LogP contribution >= 0.6 is 11.8 Å². The molecule has 0 aliphatic carbocycles. The highest BCUT2D eigenvalue weighted by molar-refractivity contribution is 8.18. The molecule has 3 rings (SSSR count). The van der Waals surface area contributed by atoms with E-state index in [1.165, 1.54) is 0 Å². The first kappa shape index (κ1) is 19.7. The lowest BCUT2D eigenvalue weighted by atomic mass is 10.1. The molecular weight excluding hydrogens is 391 g/mol. The number of halogens is 3. The molecule has 3 amide bonds. The zero-order chi connectivity index (χ0) is 20.3. The zero-order valence-electron chi connectivity index (χ0n) is 14.5. The number of benzene rings is 2. The Morgan fingerprint density at radius 1 is 1.04 bits per heavy atom. The first-order valence-corrected chi connectivity index (χ1v) is 8.87. The third kappa shape index (κ3) is 5.01. The summed E-state index contributed by atoms with van der Waals surface area (Å²) in [6.07, 6.45) is -2.78. The first-order chi connectivity index (χ1) is 13.2. The van der Waals surface area contributed by atoms with Crippen LogP contribution in [0.25, 0.3) is 6.08 Å². The SMILES string of the molecule is Cc1ccc(/C=C2\SC(NC(=O)Nc3ccc(C(F)(F)F)cc3)=NC2=O)cc1. The molecule has 0 aromatic heterocycles. The third-order valence-corrected chi connectivity index (χ3v) is 4.59. The molecule has 5 nitrogen and oxygen atoms in total. The van der Waals surface area contributed by atoms with Gasteiger partial charge in [-0.3, -0.25) is 10.1 Å². The van der Waals surface area contributed by atoms with E-state index in [9.17, 15) is 22.8 Å². The lowest BCUT2D eigenvalue weighted by molar-refractivity contribution is -0.137. The van der Waals surface area contributed by atoms with Gasteiger partial charge in [0.1, 0.15) is 0 Å². The van der Waals surface area contributed by atoms with Crippen LogP contribution in [0, 0.1) is 6.92 Å². The van der Waals surface area contributed by atoms with E-state index in [0.29, 0.717) is 4.91 Å². The highest BCUT2D eigenvalue weighted by atomic mass is 32.2. The van der Waals surface area contributed by atoms with Crippen LogP contribution in [-0.2, 0) is 11.0 Å². The predicted molar refractivity (Wildman–Crippen MR) is 103 cm³/mol. The number of rotatable bonds is 2. The fourth-order valence-electron chi connectivity index (χ4n) is 2.28. The van der Waals surface area contributed by atoms with Gasteiger partial charge in [-0.1, -0.05) is 29.8 Å². The number of carbonyl (C=O) groups is 2. The minimum absolute atomic E-state index is 0.0905. The molecule has 144 valence electrons. The smallest absolute Gasteiger partial charge is 0.308 e. The molecule has 28 heavy (non-hydrogen) atoms. The quantitative estimate of drug-likeness (QED) is 0.705. The number of urea groups is 1. The molecule has 0 unspecified atom stereocenters. The Bertz CT molecular complexity index is 965. The van der Waals surface area contributed by atoms with Crippen molar-refractivity contribution in [1.29, 1.82) is 0 Å². The largest absolute Gasteiger partial charge is 0.416 e. The number of aliphatic imine (C=N–C) groups is 1. The van der Waals surface area contributed by atoms with Gasteiger partial charge < -0.3 is 5.32 Å². The number of aryl methyl sites for hydroxylation is 1. The second kappa shape index (κ2) is 7.89. The monoisotopic (exact) mass is 405 g/mol. The number of nitrogens with zero attached hydrogens (tertiary/aromatic N) is 1. The van der Waals surface area contributed by atoms with Crippen LogP contribution in [0.1, 0.15) is 16.7 Å². The standard InChI is InChI=1S/C19H14F3N3O2S/c1-11-2-4-12(5-3-11)10-15-16(26)24-18(28-15)25-17(27)23-14-8-6-13(7-9-14)19(20,21)22/h2-10H,1H3,(H2,23,24,25,26,27)/b15-10-. The minimum Gasteiger partial charge on any atom is -0.308 e. The van der Waals surface area contributed by atoms with Crippen LogP contribution in [0.4, 0.5) is 23.7 Å². The van der Waals surface area contributed by atoms with Crippen molar-refractivity contribution in [2.45, 2.75) is 13.1 Å². The van der Waals surface area contributed by atoms with Crippen molar-refractivity contribution in [3.05, 3.63) is 70.1 Å². The number of carbonyl (C=O) groups excluding carboxylic acids is 2. The van der Waals surface area contributed by atoms with Crippen molar-refractivity contribution in [2.75, 3.05) is 5.32 Å². The molecule has 0 spiro atoms. The van der Waals surface area contributed by atoms with Gasteiger partial charge in [0, 0.05) is 5.69 Å². The lowest BCUT2D eigenvalue weighted by Gasteiger charge is -2.09. The van der Waals surface area contributed by atoms with Gasteiger partial charge in [-0.2, -0.15) is 18.2 Å². The summed E-state index contributed by atoms with van der Waals surface area (Å²) in [5, 5.41) is 4.89. The first-order valence-electron chi connectivity index (χ1n) is 8.05. The van der Waals surface area contributed by atoms with Gasteiger partial charge in [0.05, 0.1) is 10.5 Å². The van der Waals surface area contributed by atoms with E-state index in [2.05, 4.69) is 15.6 Å². The molecule has 2 aromatic rings. The summed E-state index contributed by atoms with van der Waals surface area (Å²) in [7, 11) is 0. The van der Waals surface area contributed by atoms with Crippen LogP contribution in [-0.4, -0.2) is 17.1 Å². The summed E-state index contributed by atoms with van der Waals surface area (Å²) in [6.45, 7) is 1.95. The Hall–Kier alpha value is -3.07. The molecule has 0 bridgehead atoms. The summed E-state index contributed by atoms with van der Waals surface area (Å²) in [6, 6.07) is 10.8. The molecule has 1 aliphatic heterocycles. The maximum absolute atomic E-state index is 12.5. The van der Waals surface area contributed by atoms with Crippen molar-refractivity contribution < 1.29 is 22.8 Å². The average Bonchev–Trinajstić information content (AvgIpc) is 2.95. The van der Waals surface area contributed by atoms with E-state index >= 15 is 0 Å². The Kier molecular flexibility index (Phi) is 5.55. The molecule has 1 heterocycles. The highest BCUT2D eigenvalue weighted by Gasteiger charge is 2.30. The molecule has 0 saturated carbocycles. The number of thioether (sulfide) groups is 1. The Morgan fingerprint density at radius 2 is 1.68 bits per heavy atom. The maximum atomic E-state index is 12.5. The second-order valence-electron chi connectivity index (χ2n) is 5.90. The normalized spacial score (nSPS) is 15.5. The van der Waals surface area contributed by atoms with E-state index in [1.807, 2.05) is 31.2 Å². The third-order valence-electron chi connectivity index (χ3n) is 3.69. The van der Waals surface area contributed by atoms with Crippen molar-refractivity contribution >= 4 is 40.6 Å². The van der Waals surface area contributed by atoms with Gasteiger partial charge >= 0.3 is 12.2 Å². The minimum atomic E-state index is -4.45. The average molecular weight is 405 g/mol. The zero-order valence-corrected chi connectivity index (χ0v) is 15.3. The number of hydrogen-bond acceptors (Lipinski definition) is 3. The van der Waals surface area contributed by atoms with Gasteiger partial charge in [-0.25, -0.2) is 4.79 Å². The van der Waals surface area contributed by atoms with Crippen molar-refractivity contribution in [3.8, 4) is 0 Å². The van der Waals surface area contributed by atoms with Gasteiger partial charge in [0.2, 0.25) is 0 Å². The van der Waals surface area contributed by atoms with Gasteiger partial charge in [-0.05, 0) is 54.6 Å². The van der Waals surface area contributed by atoms with E-state index in [1.54, 1.807) is 6.08 Å². The number of amides is 3. The van der Waals surface area contributed by atoms with E-state index in [-0.39, 0.29) is 10.9 Å². The molecule has 2 N–H and O–H groups in total. The number of alkyl halides is 3. The molecule has 0 saturated heterocycles. The predicted octanol–water partition coefficient (Wildman–Crippen LogP) is 4.81. The molecule has 0 atom stereocenters. The summed E-state index contributed by atoms with van der Waals surface area (Å²) >= 11 is 1.00. The Balaban J connectivity index is 1.60. The Morgan fingerprint density at radius 3 is 2.29 bits per heavy atom. The van der Waals surface area contributed by atoms with E-state index < -0.39 is 23.7 Å². The number of hydrogen-bond donors (Lipinski definition) is 2. The van der Waals surface area contributed by atoms with Crippen molar-refractivity contribution in [1.82, 2.24) is 5.32 Å². The number of anilines is 1. The molecule has 2 aromatic carbocycles. The number of amidine groups is 1. The fourth-order valence-corrected chi connectivity index (χ4v) is 3.09. The van der Waals surface area contributed by atoms with Crippen LogP contribution in [0.3, 0.4) is 0 Å². The van der Waals surface area contributed by atoms with Gasteiger partial charge in [0.15, 0.2) is 5.17 Å². The van der Waals surface area contributed by atoms with E-state index in [0.717, 1.165) is 47.2 Å². The van der Waals surface area contributed by atoms with Gasteiger partial charge in [-0.15, -0.1) is 0 Å². The summed E-state index contributed by atoms with van der Waals surface area (Å²) in [4.78, 5) is 28.1. The fraction of sp³-hybridized carbons (Fsp3) is 0.105. The maximum Gasteiger partial charge on any atom is 0.416 e. The van der Waals surface area contributed by atoms with E-state index in [4.69, 9.17) is 0 Å². The van der Waals surface area contributed by atoms with Crippen molar-refractivity contribution in [3.63, 3.8) is 0 Å².